The number of piperidine rings is 1. The molecule has 27 heavy (non-hydrogen) atoms. The Hall–Kier alpha value is -2.18. The van der Waals surface area contributed by atoms with E-state index in [1.807, 2.05) is 21.4 Å². The quantitative estimate of drug-likeness (QED) is 0.577. The van der Waals surface area contributed by atoms with E-state index in [0.717, 1.165) is 42.5 Å². The number of aromatic nitrogens is 3. The van der Waals surface area contributed by atoms with Gasteiger partial charge in [-0.05, 0) is 56.1 Å². The highest BCUT2D eigenvalue weighted by molar-refractivity contribution is 7.71. The molecule has 3 aromatic rings. The van der Waals surface area contributed by atoms with Crippen molar-refractivity contribution in [1.29, 1.82) is 0 Å². The monoisotopic (exact) mass is 382 g/mol. The third-order valence-electron chi connectivity index (χ3n) is 5.36. The highest BCUT2D eigenvalue weighted by Gasteiger charge is 2.24. The van der Waals surface area contributed by atoms with Gasteiger partial charge in [0.1, 0.15) is 0 Å². The zero-order chi connectivity index (χ0) is 18.6. The van der Waals surface area contributed by atoms with E-state index in [0.29, 0.717) is 6.04 Å². The van der Waals surface area contributed by atoms with Crippen LogP contribution >= 0.6 is 12.2 Å². The van der Waals surface area contributed by atoms with Crippen molar-refractivity contribution in [3.05, 3.63) is 59.1 Å². The van der Waals surface area contributed by atoms with Crippen LogP contribution in [0.5, 0.6) is 0 Å². The van der Waals surface area contributed by atoms with E-state index >= 15 is 0 Å². The van der Waals surface area contributed by atoms with Gasteiger partial charge in [0.15, 0.2) is 16.4 Å². The van der Waals surface area contributed by atoms with Gasteiger partial charge in [-0.25, -0.2) is 4.68 Å². The van der Waals surface area contributed by atoms with Crippen molar-refractivity contribution in [2.75, 3.05) is 6.54 Å². The first-order valence-corrected chi connectivity index (χ1v) is 10.2. The molecular formula is C21H26N4OS. The Morgan fingerprint density at radius 1 is 1.15 bits per heavy atom. The summed E-state index contributed by atoms with van der Waals surface area (Å²) in [5.74, 6) is 1.57. The Kier molecular flexibility index (Phi) is 5.55. The molecule has 0 amide bonds. The lowest BCUT2D eigenvalue weighted by molar-refractivity contribution is 0.103. The first kappa shape index (κ1) is 18.2. The molecular weight excluding hydrogens is 356 g/mol. The number of nitrogens with zero attached hydrogens (tertiary/aromatic N) is 4. The second-order valence-corrected chi connectivity index (χ2v) is 7.49. The molecule has 0 aliphatic carbocycles. The number of likely N-dealkylation sites (tertiary alicyclic amines) is 1. The molecule has 0 spiro atoms. The summed E-state index contributed by atoms with van der Waals surface area (Å²) in [7, 11) is 0. The van der Waals surface area contributed by atoms with E-state index in [1.165, 1.54) is 24.8 Å². The number of hydrogen-bond acceptors (Lipinski definition) is 4. The van der Waals surface area contributed by atoms with E-state index in [9.17, 15) is 0 Å². The Balaban J connectivity index is 1.57. The lowest BCUT2D eigenvalue weighted by Gasteiger charge is -2.35. The third-order valence-corrected chi connectivity index (χ3v) is 5.79. The number of hydrogen-bond donors (Lipinski definition) is 0. The average Bonchev–Trinajstić information content (AvgIpc) is 3.33. The average molecular weight is 383 g/mol. The lowest BCUT2D eigenvalue weighted by atomic mass is 9.96. The molecule has 1 saturated heterocycles. The molecule has 1 atom stereocenters. The van der Waals surface area contributed by atoms with Crippen molar-refractivity contribution in [1.82, 2.24) is 19.2 Å². The maximum atomic E-state index is 5.72. The maximum Gasteiger partial charge on any atom is 0.199 e. The standard InChI is InChI=1S/C21H26N4OS/c1-2-24-20(19-12-8-14-26-19)22-25(21(24)27)16-23-13-7-6-11-18(23)15-17-9-4-3-5-10-17/h3-5,8-10,12,14,18H,2,6-7,11,13,15-16H2,1H3/t18-/m0/s1. The summed E-state index contributed by atoms with van der Waals surface area (Å²) in [4.78, 5) is 2.53. The fourth-order valence-corrected chi connectivity index (χ4v) is 4.26. The van der Waals surface area contributed by atoms with Crippen molar-refractivity contribution in [2.24, 2.45) is 0 Å². The van der Waals surface area contributed by atoms with Crippen LogP contribution in [0.15, 0.2) is 53.1 Å². The largest absolute Gasteiger partial charge is 0.461 e. The van der Waals surface area contributed by atoms with Crippen molar-refractivity contribution < 1.29 is 4.42 Å². The van der Waals surface area contributed by atoms with Gasteiger partial charge in [-0.1, -0.05) is 36.8 Å². The fourth-order valence-electron chi connectivity index (χ4n) is 3.94. The Morgan fingerprint density at radius 3 is 2.74 bits per heavy atom. The van der Waals surface area contributed by atoms with E-state index in [-0.39, 0.29) is 0 Å². The Morgan fingerprint density at radius 2 is 2.00 bits per heavy atom. The predicted molar refractivity (Wildman–Crippen MR) is 109 cm³/mol. The van der Waals surface area contributed by atoms with Crippen LogP contribution in [0.4, 0.5) is 0 Å². The zero-order valence-electron chi connectivity index (χ0n) is 15.8. The molecule has 1 aromatic carbocycles. The van der Waals surface area contributed by atoms with Crippen LogP contribution in [0, 0.1) is 4.77 Å². The van der Waals surface area contributed by atoms with Gasteiger partial charge in [-0.15, -0.1) is 5.10 Å². The molecule has 0 unspecified atom stereocenters. The Bertz CT molecular complexity index is 914. The van der Waals surface area contributed by atoms with Crippen molar-refractivity contribution in [3.8, 4) is 11.6 Å². The molecule has 1 aliphatic rings. The van der Waals surface area contributed by atoms with E-state index in [2.05, 4.69) is 42.2 Å². The molecule has 4 rings (SSSR count). The SMILES string of the molecule is CCn1c(-c2ccco2)nn(CN2CCCC[C@H]2Cc2ccccc2)c1=S. The second-order valence-electron chi connectivity index (χ2n) is 7.12. The van der Waals surface area contributed by atoms with Crippen LogP contribution in [0.2, 0.25) is 0 Å². The summed E-state index contributed by atoms with van der Waals surface area (Å²) in [6.45, 7) is 4.70. The summed E-state index contributed by atoms with van der Waals surface area (Å²) >= 11 is 5.72. The molecule has 1 fully saturated rings. The lowest BCUT2D eigenvalue weighted by Crippen LogP contribution is -2.42. The van der Waals surface area contributed by atoms with Gasteiger partial charge in [0.05, 0.1) is 12.9 Å². The minimum Gasteiger partial charge on any atom is -0.461 e. The van der Waals surface area contributed by atoms with Gasteiger partial charge in [-0.2, -0.15) is 0 Å². The molecule has 2 aromatic heterocycles. The van der Waals surface area contributed by atoms with Gasteiger partial charge in [0, 0.05) is 19.1 Å². The van der Waals surface area contributed by atoms with Crippen LogP contribution in [0.3, 0.4) is 0 Å². The van der Waals surface area contributed by atoms with Crippen LogP contribution in [0.25, 0.3) is 11.6 Å². The summed E-state index contributed by atoms with van der Waals surface area (Å²) in [5, 5.41) is 4.80. The first-order valence-electron chi connectivity index (χ1n) is 9.75. The summed E-state index contributed by atoms with van der Waals surface area (Å²) in [5.41, 5.74) is 1.40. The highest BCUT2D eigenvalue weighted by Crippen LogP contribution is 2.23. The molecule has 6 heteroatoms. The van der Waals surface area contributed by atoms with Crippen LogP contribution < -0.4 is 0 Å². The minimum atomic E-state index is 0.530. The molecule has 142 valence electrons. The predicted octanol–water partition coefficient (Wildman–Crippen LogP) is 4.75. The van der Waals surface area contributed by atoms with Gasteiger partial charge in [0.2, 0.25) is 0 Å². The molecule has 1 aliphatic heterocycles. The zero-order valence-corrected chi connectivity index (χ0v) is 16.6. The van der Waals surface area contributed by atoms with Crippen molar-refractivity contribution in [3.63, 3.8) is 0 Å². The number of furan rings is 1. The van der Waals surface area contributed by atoms with Crippen molar-refractivity contribution in [2.45, 2.75) is 51.9 Å². The van der Waals surface area contributed by atoms with E-state index in [1.54, 1.807) is 6.26 Å². The highest BCUT2D eigenvalue weighted by atomic mass is 32.1. The van der Waals surface area contributed by atoms with Crippen LogP contribution in [0.1, 0.15) is 31.7 Å². The normalized spacial score (nSPS) is 18.0. The summed E-state index contributed by atoms with van der Waals surface area (Å²) in [6.07, 6.45) is 6.51. The number of benzene rings is 1. The van der Waals surface area contributed by atoms with Crippen LogP contribution in [-0.2, 0) is 19.6 Å². The molecule has 5 nitrogen and oxygen atoms in total. The van der Waals surface area contributed by atoms with Gasteiger partial charge in [0.25, 0.3) is 0 Å². The minimum absolute atomic E-state index is 0.530. The van der Waals surface area contributed by atoms with Gasteiger partial charge >= 0.3 is 0 Å². The summed E-state index contributed by atoms with van der Waals surface area (Å²) in [6, 6.07) is 15.1. The van der Waals surface area contributed by atoms with Gasteiger partial charge in [-0.3, -0.25) is 9.47 Å². The summed E-state index contributed by atoms with van der Waals surface area (Å²) < 4.78 is 10.3. The molecule has 0 N–H and O–H groups in total. The molecule has 3 heterocycles. The molecule has 0 radical (unpaired) electrons. The first-order chi connectivity index (χ1) is 13.3. The van der Waals surface area contributed by atoms with Crippen molar-refractivity contribution >= 4 is 12.2 Å². The van der Waals surface area contributed by atoms with Crippen LogP contribution in [-0.4, -0.2) is 31.8 Å². The fraction of sp³-hybridized carbons (Fsp3) is 0.429. The van der Waals surface area contributed by atoms with E-state index in [4.69, 9.17) is 21.7 Å². The Labute approximate surface area is 165 Å². The molecule has 0 saturated carbocycles. The third kappa shape index (κ3) is 3.92. The van der Waals surface area contributed by atoms with E-state index < -0.39 is 0 Å². The molecule has 0 bridgehead atoms. The smallest absolute Gasteiger partial charge is 0.199 e. The maximum absolute atomic E-state index is 5.72. The topological polar surface area (TPSA) is 39.1 Å². The van der Waals surface area contributed by atoms with Gasteiger partial charge < -0.3 is 4.42 Å². The second kappa shape index (κ2) is 8.23. The number of rotatable bonds is 6.